The van der Waals surface area contributed by atoms with Crippen LogP contribution >= 0.6 is 0 Å². The SMILES string of the molecule is C#Cc1cc(C(=O)OC(C)(C)C)cc(N(c2ccccc2)S(C)(=O)=O)c1. The quantitative estimate of drug-likeness (QED) is 0.607. The van der Waals surface area contributed by atoms with Crippen molar-refractivity contribution in [2.24, 2.45) is 0 Å². The summed E-state index contributed by atoms with van der Waals surface area (Å²) in [7, 11) is -3.66. The first-order valence-corrected chi connectivity index (χ1v) is 9.76. The molecule has 0 spiro atoms. The van der Waals surface area contributed by atoms with Crippen LogP contribution in [0.5, 0.6) is 0 Å². The lowest BCUT2D eigenvalue weighted by atomic mass is 10.1. The van der Waals surface area contributed by atoms with Crippen LogP contribution in [0, 0.1) is 12.3 Å². The summed E-state index contributed by atoms with van der Waals surface area (Å²) >= 11 is 0. The van der Waals surface area contributed by atoms with Crippen molar-refractivity contribution in [1.29, 1.82) is 0 Å². The molecule has 0 amide bonds. The molecular weight excluding hydrogens is 350 g/mol. The molecule has 5 nitrogen and oxygen atoms in total. The largest absolute Gasteiger partial charge is 0.456 e. The number of hydrogen-bond donors (Lipinski definition) is 0. The second-order valence-electron chi connectivity index (χ2n) is 6.78. The van der Waals surface area contributed by atoms with Crippen LogP contribution in [0.3, 0.4) is 0 Å². The monoisotopic (exact) mass is 371 g/mol. The molecule has 26 heavy (non-hydrogen) atoms. The summed E-state index contributed by atoms with van der Waals surface area (Å²) in [5, 5.41) is 0. The molecule has 0 fully saturated rings. The molecule has 0 atom stereocenters. The molecule has 0 unspecified atom stereocenters. The molecule has 2 rings (SSSR count). The van der Waals surface area contributed by atoms with Crippen molar-refractivity contribution in [1.82, 2.24) is 0 Å². The zero-order valence-corrected chi connectivity index (χ0v) is 16.0. The summed E-state index contributed by atoms with van der Waals surface area (Å²) in [6.45, 7) is 5.26. The minimum Gasteiger partial charge on any atom is -0.456 e. The predicted molar refractivity (Wildman–Crippen MR) is 103 cm³/mol. The molecule has 0 saturated heterocycles. The fourth-order valence-corrected chi connectivity index (χ4v) is 3.36. The first-order chi connectivity index (χ1) is 12.0. The van der Waals surface area contributed by atoms with Crippen molar-refractivity contribution in [2.75, 3.05) is 10.6 Å². The maximum atomic E-state index is 12.4. The summed E-state index contributed by atoms with van der Waals surface area (Å²) in [6, 6.07) is 13.1. The van der Waals surface area contributed by atoms with E-state index in [4.69, 9.17) is 11.2 Å². The van der Waals surface area contributed by atoms with Crippen molar-refractivity contribution in [3.8, 4) is 12.3 Å². The number of para-hydroxylation sites is 1. The molecule has 0 aromatic heterocycles. The highest BCUT2D eigenvalue weighted by Gasteiger charge is 2.23. The Morgan fingerprint density at radius 2 is 1.69 bits per heavy atom. The molecule has 0 bridgehead atoms. The van der Waals surface area contributed by atoms with E-state index in [-0.39, 0.29) is 11.3 Å². The van der Waals surface area contributed by atoms with E-state index in [2.05, 4.69) is 5.92 Å². The van der Waals surface area contributed by atoms with E-state index < -0.39 is 21.6 Å². The van der Waals surface area contributed by atoms with E-state index in [9.17, 15) is 13.2 Å². The zero-order chi connectivity index (χ0) is 19.5. The first-order valence-electron chi connectivity index (χ1n) is 7.92. The van der Waals surface area contributed by atoms with Gasteiger partial charge in [0.15, 0.2) is 0 Å². The van der Waals surface area contributed by atoms with E-state index in [0.29, 0.717) is 11.3 Å². The number of hydrogen-bond acceptors (Lipinski definition) is 4. The third-order valence-corrected chi connectivity index (χ3v) is 4.36. The van der Waals surface area contributed by atoms with Crippen LogP contribution in [0.25, 0.3) is 0 Å². The summed E-state index contributed by atoms with van der Waals surface area (Å²) in [4.78, 5) is 12.4. The number of terminal acetylenes is 1. The van der Waals surface area contributed by atoms with Gasteiger partial charge in [-0.15, -0.1) is 6.42 Å². The molecule has 6 heteroatoms. The number of carbonyl (C=O) groups is 1. The third kappa shape index (κ3) is 4.87. The fraction of sp³-hybridized carbons (Fsp3) is 0.250. The minimum absolute atomic E-state index is 0.190. The number of sulfonamides is 1. The molecule has 2 aromatic carbocycles. The van der Waals surface area contributed by atoms with Gasteiger partial charge in [-0.05, 0) is 51.1 Å². The molecule has 0 radical (unpaired) electrons. The standard InChI is InChI=1S/C20H21NO4S/c1-6-15-12-16(19(22)25-20(2,3)4)14-18(13-15)21(26(5,23)24)17-10-8-7-9-11-17/h1,7-14H,2-5H3. The van der Waals surface area contributed by atoms with Crippen LogP contribution in [0.2, 0.25) is 0 Å². The van der Waals surface area contributed by atoms with E-state index in [1.807, 2.05) is 0 Å². The zero-order valence-electron chi connectivity index (χ0n) is 15.2. The Morgan fingerprint density at radius 1 is 1.08 bits per heavy atom. The fourth-order valence-electron chi connectivity index (χ4n) is 2.36. The number of carbonyl (C=O) groups excluding carboxylic acids is 1. The summed E-state index contributed by atoms with van der Waals surface area (Å²) in [6.07, 6.45) is 6.59. The average molecular weight is 371 g/mol. The van der Waals surface area contributed by atoms with Gasteiger partial charge in [0, 0.05) is 5.56 Å². The van der Waals surface area contributed by atoms with Crippen LogP contribution in [-0.2, 0) is 14.8 Å². The van der Waals surface area contributed by atoms with E-state index in [1.165, 1.54) is 12.1 Å². The Kier molecular flexibility index (Phi) is 5.43. The number of rotatable bonds is 4. The molecule has 0 aliphatic rings. The lowest BCUT2D eigenvalue weighted by Crippen LogP contribution is -2.26. The van der Waals surface area contributed by atoms with Crippen LogP contribution < -0.4 is 4.31 Å². The number of anilines is 2. The van der Waals surface area contributed by atoms with Crippen molar-refractivity contribution in [3.05, 3.63) is 59.7 Å². The number of nitrogens with zero attached hydrogens (tertiary/aromatic N) is 1. The molecule has 0 heterocycles. The lowest BCUT2D eigenvalue weighted by Gasteiger charge is -2.24. The highest BCUT2D eigenvalue weighted by atomic mass is 32.2. The smallest absolute Gasteiger partial charge is 0.338 e. The van der Waals surface area contributed by atoms with Gasteiger partial charge in [-0.3, -0.25) is 0 Å². The van der Waals surface area contributed by atoms with Gasteiger partial charge in [-0.25, -0.2) is 17.5 Å². The Bertz CT molecular complexity index is 952. The van der Waals surface area contributed by atoms with Gasteiger partial charge >= 0.3 is 5.97 Å². The predicted octanol–water partition coefficient (Wildman–Crippen LogP) is 3.72. The van der Waals surface area contributed by atoms with Gasteiger partial charge in [0.2, 0.25) is 10.0 Å². The van der Waals surface area contributed by atoms with Crippen LogP contribution in [-0.4, -0.2) is 26.2 Å². The summed E-state index contributed by atoms with van der Waals surface area (Å²) < 4.78 is 31.3. The second-order valence-corrected chi connectivity index (χ2v) is 8.61. The van der Waals surface area contributed by atoms with Crippen molar-refractivity contribution < 1.29 is 17.9 Å². The maximum Gasteiger partial charge on any atom is 0.338 e. The third-order valence-electron chi connectivity index (χ3n) is 3.28. The minimum atomic E-state index is -3.66. The highest BCUT2D eigenvalue weighted by Crippen LogP contribution is 2.30. The molecule has 136 valence electrons. The van der Waals surface area contributed by atoms with Gasteiger partial charge < -0.3 is 4.74 Å². The maximum absolute atomic E-state index is 12.4. The van der Waals surface area contributed by atoms with Gasteiger partial charge in [0.1, 0.15) is 5.60 Å². The molecule has 0 aliphatic heterocycles. The van der Waals surface area contributed by atoms with Gasteiger partial charge in [-0.1, -0.05) is 24.1 Å². The number of benzene rings is 2. The van der Waals surface area contributed by atoms with Crippen molar-refractivity contribution in [3.63, 3.8) is 0 Å². The molecule has 0 N–H and O–H groups in total. The van der Waals surface area contributed by atoms with Gasteiger partial charge in [0.25, 0.3) is 0 Å². The van der Waals surface area contributed by atoms with E-state index >= 15 is 0 Å². The molecule has 2 aromatic rings. The molecule has 0 saturated carbocycles. The van der Waals surface area contributed by atoms with Crippen molar-refractivity contribution in [2.45, 2.75) is 26.4 Å². The van der Waals surface area contributed by atoms with Crippen LogP contribution in [0.15, 0.2) is 48.5 Å². The molecular formula is C20H21NO4S. The molecule has 0 aliphatic carbocycles. The topological polar surface area (TPSA) is 63.7 Å². The Morgan fingerprint density at radius 3 is 2.19 bits per heavy atom. The average Bonchev–Trinajstić information content (AvgIpc) is 2.52. The Hall–Kier alpha value is -2.78. The summed E-state index contributed by atoms with van der Waals surface area (Å²) in [5.41, 5.74) is 0.608. The summed E-state index contributed by atoms with van der Waals surface area (Å²) in [5.74, 6) is 1.88. The second kappa shape index (κ2) is 7.22. The number of ether oxygens (including phenoxy) is 1. The van der Waals surface area contributed by atoms with Crippen LogP contribution in [0.4, 0.5) is 11.4 Å². The van der Waals surface area contributed by atoms with E-state index in [0.717, 1.165) is 10.6 Å². The first kappa shape index (κ1) is 19.5. The number of esters is 1. The van der Waals surface area contributed by atoms with Gasteiger partial charge in [-0.2, -0.15) is 0 Å². The van der Waals surface area contributed by atoms with Gasteiger partial charge in [0.05, 0.1) is 23.2 Å². The van der Waals surface area contributed by atoms with Crippen LogP contribution in [0.1, 0.15) is 36.7 Å². The lowest BCUT2D eigenvalue weighted by molar-refractivity contribution is 0.00695. The Labute approximate surface area is 154 Å². The normalized spacial score (nSPS) is 11.5. The Balaban J connectivity index is 2.62. The highest BCUT2D eigenvalue weighted by molar-refractivity contribution is 7.92. The van der Waals surface area contributed by atoms with E-state index in [1.54, 1.807) is 57.2 Å². The van der Waals surface area contributed by atoms with Crippen molar-refractivity contribution >= 4 is 27.4 Å².